The smallest absolute Gasteiger partial charge is 0.262 e. The zero-order valence-corrected chi connectivity index (χ0v) is 13.5. The van der Waals surface area contributed by atoms with Crippen LogP contribution < -0.4 is 14.8 Å². The van der Waals surface area contributed by atoms with Crippen LogP contribution in [0, 0.1) is 11.3 Å². The second-order valence-electron chi connectivity index (χ2n) is 4.97. The molecule has 24 heavy (non-hydrogen) atoms. The van der Waals surface area contributed by atoms with Gasteiger partial charge in [0, 0.05) is 6.08 Å². The lowest BCUT2D eigenvalue weighted by molar-refractivity contribution is -0.117. The number of para-hydroxylation sites is 2. The summed E-state index contributed by atoms with van der Waals surface area (Å²) < 4.78 is 16.1. The van der Waals surface area contributed by atoms with Crippen molar-refractivity contribution in [2.75, 3.05) is 13.7 Å². The van der Waals surface area contributed by atoms with Gasteiger partial charge in [-0.3, -0.25) is 4.79 Å². The average molecular weight is 326 g/mol. The number of nitrogens with one attached hydrogen (secondary N) is 1. The summed E-state index contributed by atoms with van der Waals surface area (Å²) in [6.07, 6.45) is 2.57. The summed E-state index contributed by atoms with van der Waals surface area (Å²) in [4.78, 5) is 12.1. The van der Waals surface area contributed by atoms with E-state index in [1.807, 2.05) is 25.1 Å². The summed E-state index contributed by atoms with van der Waals surface area (Å²) in [5.74, 6) is 1.17. The molecule has 6 nitrogen and oxygen atoms in total. The summed E-state index contributed by atoms with van der Waals surface area (Å²) in [5.41, 5.74) is -0.0329. The minimum absolute atomic E-state index is 0.0329. The van der Waals surface area contributed by atoms with Crippen molar-refractivity contribution in [1.29, 1.82) is 5.26 Å². The van der Waals surface area contributed by atoms with Crippen molar-refractivity contribution in [2.45, 2.75) is 13.0 Å². The third-order valence-corrected chi connectivity index (χ3v) is 3.14. The number of hydrogen-bond donors (Lipinski definition) is 1. The van der Waals surface area contributed by atoms with Crippen molar-refractivity contribution in [3.63, 3.8) is 0 Å². The Morgan fingerprint density at radius 1 is 1.33 bits per heavy atom. The third-order valence-electron chi connectivity index (χ3n) is 3.14. The predicted molar refractivity (Wildman–Crippen MR) is 88.4 cm³/mol. The lowest BCUT2D eigenvalue weighted by Gasteiger charge is -2.17. The molecule has 124 valence electrons. The van der Waals surface area contributed by atoms with Crippen LogP contribution in [0.4, 0.5) is 0 Å². The van der Waals surface area contributed by atoms with E-state index >= 15 is 0 Å². The molecule has 1 unspecified atom stereocenters. The fraction of sp³-hybridized carbons (Fsp3) is 0.222. The molecule has 6 heteroatoms. The summed E-state index contributed by atoms with van der Waals surface area (Å²) in [6.45, 7) is 2.06. The fourth-order valence-corrected chi connectivity index (χ4v) is 1.97. The van der Waals surface area contributed by atoms with Gasteiger partial charge in [-0.05, 0) is 31.2 Å². The number of carbonyl (C=O) groups excluding carboxylic acids is 1. The molecular weight excluding hydrogens is 308 g/mol. The number of carbonyl (C=O) groups is 1. The summed E-state index contributed by atoms with van der Waals surface area (Å²) in [6, 6.07) is 12.5. The Labute approximate surface area is 140 Å². The minimum Gasteiger partial charge on any atom is -0.493 e. The first-order valence-electron chi connectivity index (χ1n) is 7.37. The molecule has 2 rings (SSSR count). The maximum Gasteiger partial charge on any atom is 0.262 e. The van der Waals surface area contributed by atoms with Crippen LogP contribution >= 0.6 is 0 Å². The largest absolute Gasteiger partial charge is 0.493 e. The molecule has 1 amide bonds. The van der Waals surface area contributed by atoms with Crippen LogP contribution in [0.5, 0.6) is 11.5 Å². The maximum absolute atomic E-state index is 12.1. The van der Waals surface area contributed by atoms with Gasteiger partial charge in [0.2, 0.25) is 0 Å². The number of amides is 1. The summed E-state index contributed by atoms with van der Waals surface area (Å²) >= 11 is 0. The van der Waals surface area contributed by atoms with Gasteiger partial charge in [-0.15, -0.1) is 0 Å². The van der Waals surface area contributed by atoms with E-state index in [0.29, 0.717) is 17.3 Å². The molecule has 0 radical (unpaired) electrons. The lowest BCUT2D eigenvalue weighted by atomic mass is 10.2. The Hall–Kier alpha value is -3.20. The number of furan rings is 1. The Balaban J connectivity index is 1.92. The Morgan fingerprint density at radius 2 is 2.08 bits per heavy atom. The molecule has 0 saturated heterocycles. The van der Waals surface area contributed by atoms with E-state index in [0.717, 1.165) is 0 Å². The normalized spacial score (nSPS) is 12.1. The van der Waals surface area contributed by atoms with Gasteiger partial charge in [0.25, 0.3) is 5.91 Å². The summed E-state index contributed by atoms with van der Waals surface area (Å²) in [5, 5.41) is 11.8. The second kappa shape index (κ2) is 8.44. The molecule has 1 aromatic heterocycles. The number of methoxy groups -OCH3 is 1. The quantitative estimate of drug-likeness (QED) is 0.625. The molecule has 1 aromatic carbocycles. The molecule has 1 atom stereocenters. The number of nitriles is 1. The first kappa shape index (κ1) is 17.2. The number of benzene rings is 1. The van der Waals surface area contributed by atoms with E-state index in [-0.39, 0.29) is 18.2 Å². The average Bonchev–Trinajstić information content (AvgIpc) is 3.11. The zero-order chi connectivity index (χ0) is 17.4. The van der Waals surface area contributed by atoms with Crippen LogP contribution in [0.25, 0.3) is 6.08 Å². The van der Waals surface area contributed by atoms with Crippen LogP contribution in [0.15, 0.2) is 52.7 Å². The molecule has 0 aliphatic carbocycles. The van der Waals surface area contributed by atoms with Crippen molar-refractivity contribution >= 4 is 12.0 Å². The van der Waals surface area contributed by atoms with E-state index in [1.54, 1.807) is 31.4 Å². The van der Waals surface area contributed by atoms with E-state index in [1.165, 1.54) is 12.3 Å². The van der Waals surface area contributed by atoms with Gasteiger partial charge < -0.3 is 19.2 Å². The van der Waals surface area contributed by atoms with Gasteiger partial charge in [-0.2, -0.15) is 5.26 Å². The molecular formula is C18H18N2O4. The van der Waals surface area contributed by atoms with Crippen LogP contribution in [0.1, 0.15) is 12.7 Å². The Kier molecular flexibility index (Phi) is 6.03. The molecule has 0 spiro atoms. The first-order chi connectivity index (χ1) is 11.6. The molecule has 0 aliphatic rings. The van der Waals surface area contributed by atoms with Crippen molar-refractivity contribution in [3.05, 3.63) is 54.0 Å². The molecule has 1 heterocycles. The van der Waals surface area contributed by atoms with Crippen LogP contribution in [0.2, 0.25) is 0 Å². The molecule has 0 bridgehead atoms. The van der Waals surface area contributed by atoms with E-state index < -0.39 is 5.91 Å². The van der Waals surface area contributed by atoms with Crippen LogP contribution in [-0.4, -0.2) is 25.7 Å². The molecule has 0 aliphatic heterocycles. The van der Waals surface area contributed by atoms with E-state index in [2.05, 4.69) is 5.32 Å². The number of nitrogens with zero attached hydrogens (tertiary/aromatic N) is 1. The topological polar surface area (TPSA) is 84.5 Å². The lowest BCUT2D eigenvalue weighted by Crippen LogP contribution is -2.34. The molecule has 2 aromatic rings. The van der Waals surface area contributed by atoms with Crippen LogP contribution in [-0.2, 0) is 4.79 Å². The third kappa shape index (κ3) is 4.65. The monoisotopic (exact) mass is 326 g/mol. The van der Waals surface area contributed by atoms with Crippen molar-refractivity contribution in [1.82, 2.24) is 5.32 Å². The van der Waals surface area contributed by atoms with Gasteiger partial charge in [0.05, 0.1) is 19.9 Å². The van der Waals surface area contributed by atoms with Gasteiger partial charge in [0.15, 0.2) is 11.5 Å². The van der Waals surface area contributed by atoms with Gasteiger partial charge >= 0.3 is 0 Å². The molecule has 0 saturated carbocycles. The Morgan fingerprint density at radius 3 is 2.71 bits per heavy atom. The van der Waals surface area contributed by atoms with Crippen LogP contribution in [0.3, 0.4) is 0 Å². The highest BCUT2D eigenvalue weighted by atomic mass is 16.5. The van der Waals surface area contributed by atoms with Gasteiger partial charge in [-0.25, -0.2) is 0 Å². The maximum atomic E-state index is 12.1. The standard InChI is InChI=1S/C18H18N2O4/c1-13(24-17-8-4-3-7-16(17)22-2)12-20-18(21)14(11-19)10-15-6-5-9-23-15/h3-10,13H,12H2,1-2H3,(H,20,21). The number of hydrogen-bond acceptors (Lipinski definition) is 5. The minimum atomic E-state index is -0.482. The Bertz CT molecular complexity index is 745. The second-order valence-corrected chi connectivity index (χ2v) is 4.97. The van der Waals surface area contributed by atoms with Gasteiger partial charge in [-0.1, -0.05) is 12.1 Å². The fourth-order valence-electron chi connectivity index (χ4n) is 1.97. The van der Waals surface area contributed by atoms with Gasteiger partial charge in [0.1, 0.15) is 23.5 Å². The van der Waals surface area contributed by atoms with Crippen molar-refractivity contribution in [2.24, 2.45) is 0 Å². The van der Waals surface area contributed by atoms with Crippen molar-refractivity contribution < 1.29 is 18.7 Å². The van der Waals surface area contributed by atoms with E-state index in [9.17, 15) is 4.79 Å². The number of ether oxygens (including phenoxy) is 2. The van der Waals surface area contributed by atoms with E-state index in [4.69, 9.17) is 19.2 Å². The zero-order valence-electron chi connectivity index (χ0n) is 13.5. The van der Waals surface area contributed by atoms with Crippen molar-refractivity contribution in [3.8, 4) is 17.6 Å². The SMILES string of the molecule is COc1ccccc1OC(C)CNC(=O)C(C#N)=Cc1ccco1. The number of rotatable bonds is 7. The first-order valence-corrected chi connectivity index (χ1v) is 7.37. The molecule has 0 fully saturated rings. The predicted octanol–water partition coefficient (Wildman–Crippen LogP) is 2.78. The highest BCUT2D eigenvalue weighted by Crippen LogP contribution is 2.26. The molecule has 1 N–H and O–H groups in total. The summed E-state index contributed by atoms with van der Waals surface area (Å²) in [7, 11) is 1.56. The highest BCUT2D eigenvalue weighted by Gasteiger charge is 2.13. The highest BCUT2D eigenvalue weighted by molar-refractivity contribution is 6.01.